The molecule has 0 fully saturated rings. The summed E-state index contributed by atoms with van der Waals surface area (Å²) < 4.78 is 26.0. The molecule has 0 saturated carbocycles. The lowest BCUT2D eigenvalue weighted by molar-refractivity contribution is 0.206. The molecular formula is C16H17NO5S2. The number of phenolic OH excluding ortho intramolecular Hbond substituents is 1. The Balaban J connectivity index is 2.64. The molecule has 6 nitrogen and oxygen atoms in total. The molecule has 0 aromatic heterocycles. The van der Waals surface area contributed by atoms with Gasteiger partial charge in [-0.15, -0.1) is 11.8 Å². The predicted molar refractivity (Wildman–Crippen MR) is 93.5 cm³/mol. The predicted octanol–water partition coefficient (Wildman–Crippen LogP) is 3.60. The second kappa shape index (κ2) is 6.74. The van der Waals surface area contributed by atoms with E-state index in [0.717, 1.165) is 16.5 Å². The SMILES string of the molecule is CSc1ccc(N(C(=O)O)S(=O)(=O)c2cc(O)ccc2C)cc1C. The van der Waals surface area contributed by atoms with Crippen molar-refractivity contribution in [3.63, 3.8) is 0 Å². The number of sulfonamides is 1. The minimum atomic E-state index is -4.38. The summed E-state index contributed by atoms with van der Waals surface area (Å²) in [7, 11) is -4.38. The van der Waals surface area contributed by atoms with Gasteiger partial charge in [-0.25, -0.2) is 13.2 Å². The average molecular weight is 367 g/mol. The third-order valence-electron chi connectivity index (χ3n) is 3.48. The van der Waals surface area contributed by atoms with E-state index in [9.17, 15) is 23.4 Å². The molecule has 0 unspecified atom stereocenters. The maximum atomic E-state index is 12.8. The summed E-state index contributed by atoms with van der Waals surface area (Å²) in [6.45, 7) is 3.32. The Morgan fingerprint density at radius 3 is 2.29 bits per heavy atom. The maximum Gasteiger partial charge on any atom is 0.426 e. The molecule has 2 N–H and O–H groups in total. The second-order valence-electron chi connectivity index (χ2n) is 5.16. The number of anilines is 1. The molecule has 1 amide bonds. The molecule has 0 atom stereocenters. The zero-order valence-electron chi connectivity index (χ0n) is 13.3. The van der Waals surface area contributed by atoms with Crippen LogP contribution < -0.4 is 4.31 Å². The molecule has 8 heteroatoms. The van der Waals surface area contributed by atoms with E-state index in [1.54, 1.807) is 13.0 Å². The van der Waals surface area contributed by atoms with Gasteiger partial charge in [0, 0.05) is 11.0 Å². The molecular weight excluding hydrogens is 350 g/mol. The van der Waals surface area contributed by atoms with Crippen LogP contribution in [0.4, 0.5) is 10.5 Å². The van der Waals surface area contributed by atoms with Gasteiger partial charge in [-0.2, -0.15) is 4.31 Å². The molecule has 0 spiro atoms. The highest BCUT2D eigenvalue weighted by Crippen LogP contribution is 2.31. The lowest BCUT2D eigenvalue weighted by Crippen LogP contribution is -2.36. The third kappa shape index (κ3) is 3.34. The Kier molecular flexibility index (Phi) is 5.10. The van der Waals surface area contributed by atoms with E-state index < -0.39 is 16.1 Å². The quantitative estimate of drug-likeness (QED) is 0.802. The summed E-state index contributed by atoms with van der Waals surface area (Å²) in [5.74, 6) is -0.251. The van der Waals surface area contributed by atoms with Crippen molar-refractivity contribution in [3.05, 3.63) is 47.5 Å². The van der Waals surface area contributed by atoms with Crippen LogP contribution in [-0.2, 0) is 10.0 Å². The molecule has 0 aliphatic carbocycles. The number of hydrogen-bond donors (Lipinski definition) is 2. The van der Waals surface area contributed by atoms with E-state index in [0.29, 0.717) is 9.87 Å². The lowest BCUT2D eigenvalue weighted by atomic mass is 10.2. The number of carbonyl (C=O) groups is 1. The molecule has 0 aliphatic heterocycles. The summed E-state index contributed by atoms with van der Waals surface area (Å²) in [4.78, 5) is 12.3. The highest BCUT2D eigenvalue weighted by molar-refractivity contribution is 7.98. The fourth-order valence-corrected chi connectivity index (χ4v) is 4.43. The molecule has 2 aromatic carbocycles. The third-order valence-corrected chi connectivity index (χ3v) is 6.22. The molecule has 2 aromatic rings. The Morgan fingerprint density at radius 2 is 1.75 bits per heavy atom. The molecule has 0 radical (unpaired) electrons. The van der Waals surface area contributed by atoms with Crippen LogP contribution in [-0.4, -0.2) is 31.0 Å². The van der Waals surface area contributed by atoms with Crippen molar-refractivity contribution in [3.8, 4) is 5.75 Å². The molecule has 0 saturated heterocycles. The van der Waals surface area contributed by atoms with E-state index >= 15 is 0 Å². The van der Waals surface area contributed by atoms with E-state index in [1.807, 2.05) is 6.26 Å². The van der Waals surface area contributed by atoms with Crippen LogP contribution >= 0.6 is 11.8 Å². The van der Waals surface area contributed by atoms with Crippen LogP contribution in [0.15, 0.2) is 46.2 Å². The van der Waals surface area contributed by atoms with E-state index in [2.05, 4.69) is 0 Å². The number of rotatable bonds is 4. The largest absolute Gasteiger partial charge is 0.508 e. The number of nitrogens with zero attached hydrogens (tertiary/aromatic N) is 1. The first-order valence-corrected chi connectivity index (χ1v) is 9.57. The number of thioether (sulfide) groups is 1. The number of hydrogen-bond acceptors (Lipinski definition) is 5. The van der Waals surface area contributed by atoms with Crippen LogP contribution in [0, 0.1) is 13.8 Å². The number of benzene rings is 2. The molecule has 2 rings (SSSR count). The van der Waals surface area contributed by atoms with Crippen molar-refractivity contribution in [2.75, 3.05) is 10.6 Å². The molecule has 0 aliphatic rings. The van der Waals surface area contributed by atoms with Gasteiger partial charge in [0.15, 0.2) is 0 Å². The van der Waals surface area contributed by atoms with E-state index in [-0.39, 0.29) is 16.3 Å². The van der Waals surface area contributed by atoms with Gasteiger partial charge in [0.1, 0.15) is 5.75 Å². The minimum absolute atomic E-state index is 0.0283. The summed E-state index contributed by atoms with van der Waals surface area (Å²) in [6, 6.07) is 8.44. The zero-order chi connectivity index (χ0) is 18.1. The van der Waals surface area contributed by atoms with Crippen LogP contribution in [0.5, 0.6) is 5.75 Å². The van der Waals surface area contributed by atoms with Crippen molar-refractivity contribution in [2.24, 2.45) is 0 Å². The van der Waals surface area contributed by atoms with Crippen molar-refractivity contribution in [1.82, 2.24) is 0 Å². The van der Waals surface area contributed by atoms with Crippen molar-refractivity contribution in [1.29, 1.82) is 0 Å². The van der Waals surface area contributed by atoms with Gasteiger partial charge in [0.2, 0.25) is 0 Å². The Morgan fingerprint density at radius 1 is 1.08 bits per heavy atom. The van der Waals surface area contributed by atoms with Crippen molar-refractivity contribution >= 4 is 33.6 Å². The number of amides is 1. The van der Waals surface area contributed by atoms with Crippen molar-refractivity contribution in [2.45, 2.75) is 23.6 Å². The summed E-state index contributed by atoms with van der Waals surface area (Å²) in [5.41, 5.74) is 1.14. The van der Waals surface area contributed by atoms with Crippen LogP contribution in [0.1, 0.15) is 11.1 Å². The summed E-state index contributed by atoms with van der Waals surface area (Å²) in [5, 5.41) is 19.1. The minimum Gasteiger partial charge on any atom is -0.508 e. The topological polar surface area (TPSA) is 94.9 Å². The van der Waals surface area contributed by atoms with Crippen LogP contribution in [0.3, 0.4) is 0 Å². The Labute approximate surface area is 144 Å². The number of phenols is 1. The second-order valence-corrected chi connectivity index (χ2v) is 7.76. The van der Waals surface area contributed by atoms with Gasteiger partial charge in [-0.3, -0.25) is 0 Å². The molecule has 0 bridgehead atoms. The van der Waals surface area contributed by atoms with Gasteiger partial charge in [-0.1, -0.05) is 6.07 Å². The fraction of sp³-hybridized carbons (Fsp3) is 0.188. The number of aromatic hydroxyl groups is 1. The Hall–Kier alpha value is -2.19. The number of aryl methyl sites for hydroxylation is 2. The first-order valence-electron chi connectivity index (χ1n) is 6.91. The van der Waals surface area contributed by atoms with Gasteiger partial charge in [0.05, 0.1) is 10.6 Å². The number of carboxylic acid groups (broad SMARTS) is 1. The lowest BCUT2D eigenvalue weighted by Gasteiger charge is -2.21. The fourth-order valence-electron chi connectivity index (χ4n) is 2.31. The first-order chi connectivity index (χ1) is 11.2. The van der Waals surface area contributed by atoms with Crippen LogP contribution in [0.2, 0.25) is 0 Å². The van der Waals surface area contributed by atoms with Gasteiger partial charge < -0.3 is 10.2 Å². The highest BCUT2D eigenvalue weighted by Gasteiger charge is 2.32. The molecule has 128 valence electrons. The monoisotopic (exact) mass is 367 g/mol. The molecule has 24 heavy (non-hydrogen) atoms. The van der Waals surface area contributed by atoms with Gasteiger partial charge in [0.25, 0.3) is 10.0 Å². The maximum absolute atomic E-state index is 12.8. The zero-order valence-corrected chi connectivity index (χ0v) is 15.0. The normalized spacial score (nSPS) is 11.3. The summed E-state index contributed by atoms with van der Waals surface area (Å²) >= 11 is 1.48. The molecule has 0 heterocycles. The highest BCUT2D eigenvalue weighted by atomic mass is 32.2. The van der Waals surface area contributed by atoms with Gasteiger partial charge in [-0.05, 0) is 55.5 Å². The van der Waals surface area contributed by atoms with Crippen LogP contribution in [0.25, 0.3) is 0 Å². The average Bonchev–Trinajstić information content (AvgIpc) is 2.49. The van der Waals surface area contributed by atoms with E-state index in [4.69, 9.17) is 0 Å². The van der Waals surface area contributed by atoms with E-state index in [1.165, 1.54) is 43.0 Å². The summed E-state index contributed by atoms with van der Waals surface area (Å²) in [6.07, 6.45) is 0.262. The Bertz CT molecular complexity index is 893. The smallest absolute Gasteiger partial charge is 0.426 e. The first kappa shape index (κ1) is 18.2. The van der Waals surface area contributed by atoms with Gasteiger partial charge >= 0.3 is 6.09 Å². The standard InChI is InChI=1S/C16H17NO5S2/c1-10-4-6-13(18)9-15(10)24(21,22)17(16(19)20)12-5-7-14(23-3)11(2)8-12/h4-9,18H,1-3H3,(H,19,20). The van der Waals surface area contributed by atoms with Crippen molar-refractivity contribution < 1.29 is 23.4 Å².